The van der Waals surface area contributed by atoms with E-state index in [2.05, 4.69) is 37.5 Å². The summed E-state index contributed by atoms with van der Waals surface area (Å²) in [6.07, 6.45) is 2.54. The molecule has 13 heteroatoms. The highest BCUT2D eigenvalue weighted by atomic mass is 16.2. The number of tetrazole rings is 1. The Labute approximate surface area is 209 Å². The molecule has 0 spiro atoms. The van der Waals surface area contributed by atoms with Crippen LogP contribution in [-0.4, -0.2) is 74.0 Å². The Morgan fingerprint density at radius 2 is 2.00 bits per heavy atom. The van der Waals surface area contributed by atoms with Gasteiger partial charge in [0.15, 0.2) is 5.82 Å². The number of rotatable bonds is 7. The molecule has 13 nitrogen and oxygen atoms in total. The van der Waals surface area contributed by atoms with Crippen LogP contribution in [0.2, 0.25) is 0 Å². The Balaban J connectivity index is 1.51. The summed E-state index contributed by atoms with van der Waals surface area (Å²) in [7, 11) is 0. The third kappa shape index (κ3) is 5.03. The molecule has 6 atom stereocenters. The SMILES string of the molecule is Cc1nnn(NC(=O)[C@H](C(=O)N2C[C@@H]3CCC3[C@H]2C(=O)N[C@H](C#N)C[C@@H]2CCNC2=O)C(C)(C)C)n1. The molecule has 0 aromatic carbocycles. The Kier molecular flexibility index (Phi) is 6.97. The molecule has 3 N–H and O–H groups in total. The van der Waals surface area contributed by atoms with Crippen LogP contribution in [0.1, 0.15) is 52.3 Å². The van der Waals surface area contributed by atoms with Gasteiger partial charge in [0.1, 0.15) is 18.0 Å². The van der Waals surface area contributed by atoms with Crippen molar-refractivity contribution in [2.24, 2.45) is 29.1 Å². The van der Waals surface area contributed by atoms with Crippen LogP contribution in [0.5, 0.6) is 0 Å². The molecular formula is C23H33N9O4. The summed E-state index contributed by atoms with van der Waals surface area (Å²) in [5.74, 6) is -2.48. The highest BCUT2D eigenvalue weighted by molar-refractivity contribution is 6.05. The van der Waals surface area contributed by atoms with E-state index in [-0.39, 0.29) is 30.1 Å². The van der Waals surface area contributed by atoms with Gasteiger partial charge in [-0.1, -0.05) is 25.7 Å². The number of fused-ring (bicyclic) bond motifs is 1. The summed E-state index contributed by atoms with van der Waals surface area (Å²) >= 11 is 0. The first-order chi connectivity index (χ1) is 17.0. The molecule has 1 aromatic rings. The first-order valence-electron chi connectivity index (χ1n) is 12.3. The van der Waals surface area contributed by atoms with E-state index in [4.69, 9.17) is 0 Å². The number of hydrogen-bond acceptors (Lipinski definition) is 8. The number of nitrogens with zero attached hydrogens (tertiary/aromatic N) is 6. The van der Waals surface area contributed by atoms with Gasteiger partial charge >= 0.3 is 0 Å². The number of nitriles is 1. The molecular weight excluding hydrogens is 466 g/mol. The normalized spacial score (nSPS) is 26.8. The van der Waals surface area contributed by atoms with E-state index in [0.29, 0.717) is 25.3 Å². The minimum Gasteiger partial charge on any atom is -0.356 e. The average Bonchev–Trinajstić information content (AvgIpc) is 3.44. The second-order valence-corrected chi connectivity index (χ2v) is 11.0. The molecule has 1 aromatic heterocycles. The van der Waals surface area contributed by atoms with E-state index in [1.54, 1.807) is 27.7 Å². The number of amides is 4. The van der Waals surface area contributed by atoms with Crippen LogP contribution in [0.3, 0.4) is 0 Å². The average molecular weight is 500 g/mol. The zero-order valence-corrected chi connectivity index (χ0v) is 21.0. The van der Waals surface area contributed by atoms with Crippen LogP contribution in [0.4, 0.5) is 0 Å². The first kappa shape index (κ1) is 25.5. The zero-order chi connectivity index (χ0) is 26.2. The minimum atomic E-state index is -1.11. The molecule has 194 valence electrons. The van der Waals surface area contributed by atoms with Crippen LogP contribution < -0.4 is 16.1 Å². The smallest absolute Gasteiger partial charge is 0.254 e. The van der Waals surface area contributed by atoms with Crippen molar-refractivity contribution in [3.05, 3.63) is 5.82 Å². The summed E-state index contributed by atoms with van der Waals surface area (Å²) in [4.78, 5) is 54.8. The van der Waals surface area contributed by atoms with Crippen molar-refractivity contribution in [2.45, 2.75) is 65.5 Å². The van der Waals surface area contributed by atoms with Crippen molar-refractivity contribution in [1.29, 1.82) is 5.26 Å². The largest absolute Gasteiger partial charge is 0.356 e. The van der Waals surface area contributed by atoms with Gasteiger partial charge < -0.3 is 15.5 Å². The summed E-state index contributed by atoms with van der Waals surface area (Å²) in [6, 6.07) is 0.473. The van der Waals surface area contributed by atoms with Crippen LogP contribution in [-0.2, 0) is 19.2 Å². The highest BCUT2D eigenvalue weighted by Crippen LogP contribution is 2.46. The lowest BCUT2D eigenvalue weighted by Gasteiger charge is -2.36. The maximum atomic E-state index is 13.8. The monoisotopic (exact) mass is 499 g/mol. The summed E-state index contributed by atoms with van der Waals surface area (Å²) in [5, 5.41) is 26.6. The number of carbonyl (C=O) groups is 4. The number of aromatic nitrogens is 4. The molecule has 0 bridgehead atoms. The predicted octanol–water partition coefficient (Wildman–Crippen LogP) is -0.514. The summed E-state index contributed by atoms with van der Waals surface area (Å²) in [5.41, 5.74) is 1.75. The van der Waals surface area contributed by atoms with Gasteiger partial charge in [0.25, 0.3) is 5.91 Å². The fourth-order valence-electron chi connectivity index (χ4n) is 5.49. The number of nitrogens with one attached hydrogen (secondary N) is 3. The lowest BCUT2D eigenvalue weighted by atomic mass is 9.73. The molecule has 2 aliphatic heterocycles. The molecule has 4 amide bonds. The molecule has 0 radical (unpaired) electrons. The summed E-state index contributed by atoms with van der Waals surface area (Å²) in [6.45, 7) is 7.92. The maximum absolute atomic E-state index is 13.8. The van der Waals surface area contributed by atoms with Crippen molar-refractivity contribution in [1.82, 2.24) is 35.8 Å². The Morgan fingerprint density at radius 1 is 1.25 bits per heavy atom. The lowest BCUT2D eigenvalue weighted by Crippen LogP contribution is -2.55. The van der Waals surface area contributed by atoms with Gasteiger partial charge in [-0.15, -0.1) is 10.2 Å². The van der Waals surface area contributed by atoms with Crippen LogP contribution >= 0.6 is 0 Å². The number of aryl methyl sites for hydroxylation is 1. The van der Waals surface area contributed by atoms with E-state index in [1.807, 2.05) is 0 Å². The van der Waals surface area contributed by atoms with Crippen molar-refractivity contribution < 1.29 is 19.2 Å². The molecule has 1 unspecified atom stereocenters. The van der Waals surface area contributed by atoms with Gasteiger partial charge in [-0.2, -0.15) is 5.26 Å². The third-order valence-electron chi connectivity index (χ3n) is 7.45. The van der Waals surface area contributed by atoms with E-state index < -0.39 is 41.1 Å². The first-order valence-corrected chi connectivity index (χ1v) is 12.3. The molecule has 36 heavy (non-hydrogen) atoms. The molecule has 3 fully saturated rings. The standard InChI is InChI=1S/C23H33N9O4/c1-12-27-30-32(28-12)29-20(34)17(23(2,3)4)22(36)31-11-14-5-6-16(14)18(31)21(35)26-15(10-24)9-13-7-8-25-19(13)33/h13-18H,5-9,11H2,1-4H3,(H,25,33)(H,26,35)(H,29,34)/t13-,14-,15-,16?,17+,18-/m0/s1. The van der Waals surface area contributed by atoms with Gasteiger partial charge in [-0.05, 0) is 55.1 Å². The molecule has 4 rings (SSSR count). The quantitative estimate of drug-likeness (QED) is 0.420. The molecule has 1 aliphatic carbocycles. The second-order valence-electron chi connectivity index (χ2n) is 11.0. The Bertz CT molecular complexity index is 1090. The second kappa shape index (κ2) is 9.83. The van der Waals surface area contributed by atoms with Gasteiger partial charge in [-0.25, -0.2) is 5.43 Å². The fourth-order valence-corrected chi connectivity index (χ4v) is 5.49. The number of hydrogen-bond donors (Lipinski definition) is 3. The Hall–Kier alpha value is -3.56. The van der Waals surface area contributed by atoms with Crippen LogP contribution in [0.25, 0.3) is 0 Å². The predicted molar refractivity (Wildman–Crippen MR) is 125 cm³/mol. The molecule has 3 heterocycles. The van der Waals surface area contributed by atoms with Crippen molar-refractivity contribution in [2.75, 3.05) is 18.5 Å². The summed E-state index contributed by atoms with van der Waals surface area (Å²) < 4.78 is 0. The van der Waals surface area contributed by atoms with E-state index in [0.717, 1.165) is 17.7 Å². The van der Waals surface area contributed by atoms with Gasteiger partial charge in [0, 0.05) is 19.0 Å². The van der Waals surface area contributed by atoms with E-state index >= 15 is 0 Å². The lowest BCUT2D eigenvalue weighted by molar-refractivity contribution is -0.149. The number of carbonyl (C=O) groups excluding carboxylic acids is 4. The van der Waals surface area contributed by atoms with Crippen molar-refractivity contribution >= 4 is 23.6 Å². The fraction of sp³-hybridized carbons (Fsp3) is 0.739. The van der Waals surface area contributed by atoms with Crippen LogP contribution in [0.15, 0.2) is 0 Å². The van der Waals surface area contributed by atoms with Crippen LogP contribution in [0, 0.1) is 47.3 Å². The maximum Gasteiger partial charge on any atom is 0.254 e. The van der Waals surface area contributed by atoms with E-state index in [1.165, 1.54) is 4.90 Å². The highest BCUT2D eigenvalue weighted by Gasteiger charge is 2.54. The molecule has 2 saturated heterocycles. The van der Waals surface area contributed by atoms with Gasteiger partial charge in [0.2, 0.25) is 17.7 Å². The Morgan fingerprint density at radius 3 is 2.53 bits per heavy atom. The number of likely N-dealkylation sites (tertiary alicyclic amines) is 1. The molecule has 1 saturated carbocycles. The van der Waals surface area contributed by atoms with Crippen molar-refractivity contribution in [3.63, 3.8) is 0 Å². The van der Waals surface area contributed by atoms with Gasteiger partial charge in [-0.3, -0.25) is 19.2 Å². The van der Waals surface area contributed by atoms with Crippen molar-refractivity contribution in [3.8, 4) is 6.07 Å². The topological polar surface area (TPSA) is 175 Å². The third-order valence-corrected chi connectivity index (χ3v) is 7.45. The molecule has 3 aliphatic rings. The minimum absolute atomic E-state index is 0.0219. The zero-order valence-electron chi connectivity index (χ0n) is 21.0. The van der Waals surface area contributed by atoms with Gasteiger partial charge in [0.05, 0.1) is 6.07 Å². The van der Waals surface area contributed by atoms with E-state index in [9.17, 15) is 24.4 Å².